The van der Waals surface area contributed by atoms with Crippen LogP contribution in [0, 0.1) is 6.92 Å². The summed E-state index contributed by atoms with van der Waals surface area (Å²) in [5, 5.41) is 9.67. The Kier molecular flexibility index (Phi) is 14.0. The van der Waals surface area contributed by atoms with Gasteiger partial charge in [-0.3, -0.25) is 0 Å². The van der Waals surface area contributed by atoms with Gasteiger partial charge in [-0.1, -0.05) is 84.5 Å². The molecule has 0 spiro atoms. The zero-order valence-corrected chi connectivity index (χ0v) is 11.9. The number of unbranched alkanes of at least 4 members (excludes halogenated alkanes) is 9. The molecule has 0 heterocycles. The highest BCUT2D eigenvalue weighted by molar-refractivity contribution is 4.56. The molecule has 0 bridgehead atoms. The Bertz CT molecular complexity index is 133. The van der Waals surface area contributed by atoms with Crippen LogP contribution in [-0.2, 0) is 0 Å². The highest BCUT2D eigenvalue weighted by atomic mass is 16.3. The van der Waals surface area contributed by atoms with Crippen LogP contribution in [0.4, 0.5) is 0 Å². The van der Waals surface area contributed by atoms with Crippen molar-refractivity contribution in [1.82, 2.24) is 0 Å². The lowest BCUT2D eigenvalue weighted by molar-refractivity contribution is 0.148. The topological polar surface area (TPSA) is 20.2 Å². The van der Waals surface area contributed by atoms with Gasteiger partial charge in [0.05, 0.1) is 6.10 Å². The van der Waals surface area contributed by atoms with E-state index in [0.29, 0.717) is 0 Å². The van der Waals surface area contributed by atoms with E-state index >= 15 is 0 Å². The van der Waals surface area contributed by atoms with Gasteiger partial charge in [0.15, 0.2) is 0 Å². The molecule has 1 atom stereocenters. The third-order valence-corrected chi connectivity index (χ3v) is 3.43. The van der Waals surface area contributed by atoms with Crippen molar-refractivity contribution in [2.75, 3.05) is 0 Å². The van der Waals surface area contributed by atoms with Crippen LogP contribution in [0.5, 0.6) is 0 Å². The van der Waals surface area contributed by atoms with E-state index in [0.717, 1.165) is 19.3 Å². The molecule has 1 unspecified atom stereocenters. The van der Waals surface area contributed by atoms with Crippen LogP contribution in [0.25, 0.3) is 0 Å². The van der Waals surface area contributed by atoms with E-state index in [4.69, 9.17) is 0 Å². The first kappa shape index (κ1) is 17.0. The molecule has 103 valence electrons. The largest absolute Gasteiger partial charge is 0.393 e. The zero-order valence-electron chi connectivity index (χ0n) is 11.9. The lowest BCUT2D eigenvalue weighted by Crippen LogP contribution is -2.05. The summed E-state index contributed by atoms with van der Waals surface area (Å²) >= 11 is 0. The molecule has 0 saturated carbocycles. The molecule has 0 aromatic rings. The second-order valence-electron chi connectivity index (χ2n) is 5.27. The van der Waals surface area contributed by atoms with Gasteiger partial charge >= 0.3 is 0 Å². The average molecular weight is 241 g/mol. The van der Waals surface area contributed by atoms with Crippen molar-refractivity contribution >= 4 is 0 Å². The fourth-order valence-corrected chi connectivity index (χ4v) is 2.20. The lowest BCUT2D eigenvalue weighted by Gasteiger charge is -2.09. The minimum absolute atomic E-state index is 0.0352. The molecule has 0 aliphatic carbocycles. The van der Waals surface area contributed by atoms with E-state index in [2.05, 4.69) is 13.8 Å². The maximum absolute atomic E-state index is 9.67. The number of aliphatic hydroxyl groups excluding tert-OH is 1. The highest BCUT2D eigenvalue weighted by Gasteiger charge is 2.02. The molecule has 0 aromatic heterocycles. The summed E-state index contributed by atoms with van der Waals surface area (Å²) in [4.78, 5) is 0. The molecular weight excluding hydrogens is 208 g/mol. The molecule has 1 N–H and O–H groups in total. The van der Waals surface area contributed by atoms with E-state index in [1.807, 2.05) is 0 Å². The zero-order chi connectivity index (χ0) is 12.8. The Balaban J connectivity index is 3.02. The normalized spacial score (nSPS) is 12.9. The third-order valence-electron chi connectivity index (χ3n) is 3.43. The maximum atomic E-state index is 9.67. The van der Waals surface area contributed by atoms with E-state index < -0.39 is 0 Å². The standard InChI is InChI=1S/C16H33O/c1-3-5-7-8-9-10-11-12-13-15-16(17)14-6-4-2/h16-17H,1,3-15H2,2H3. The highest BCUT2D eigenvalue weighted by Crippen LogP contribution is 2.13. The molecular formula is C16H33O. The van der Waals surface area contributed by atoms with Crippen LogP contribution in [0.2, 0.25) is 0 Å². The van der Waals surface area contributed by atoms with Crippen LogP contribution in [-0.4, -0.2) is 11.2 Å². The summed E-state index contributed by atoms with van der Waals surface area (Å²) in [5.74, 6) is 0. The van der Waals surface area contributed by atoms with Gasteiger partial charge in [-0.25, -0.2) is 0 Å². The van der Waals surface area contributed by atoms with Gasteiger partial charge in [-0.2, -0.15) is 0 Å². The molecule has 0 fully saturated rings. The summed E-state index contributed by atoms with van der Waals surface area (Å²) in [6, 6.07) is 0. The van der Waals surface area contributed by atoms with Gasteiger partial charge < -0.3 is 5.11 Å². The van der Waals surface area contributed by atoms with Crippen LogP contribution >= 0.6 is 0 Å². The molecule has 0 rings (SSSR count). The SMILES string of the molecule is [CH2]CCCCCCCCCCC(O)CCCC. The molecule has 0 aliphatic heterocycles. The Morgan fingerprint density at radius 1 is 0.765 bits per heavy atom. The monoisotopic (exact) mass is 241 g/mol. The predicted molar refractivity (Wildman–Crippen MR) is 77.1 cm³/mol. The summed E-state index contributed by atoms with van der Waals surface area (Å²) in [6.45, 7) is 6.04. The number of hydrogen-bond donors (Lipinski definition) is 1. The van der Waals surface area contributed by atoms with E-state index in [1.54, 1.807) is 0 Å². The van der Waals surface area contributed by atoms with Crippen LogP contribution < -0.4 is 0 Å². The van der Waals surface area contributed by atoms with Crippen LogP contribution in [0.1, 0.15) is 90.4 Å². The van der Waals surface area contributed by atoms with Crippen molar-refractivity contribution < 1.29 is 5.11 Å². The quantitative estimate of drug-likeness (QED) is 0.435. The maximum Gasteiger partial charge on any atom is 0.0540 e. The first-order chi connectivity index (χ1) is 8.31. The van der Waals surface area contributed by atoms with Gasteiger partial charge in [0.25, 0.3) is 0 Å². The van der Waals surface area contributed by atoms with E-state index in [-0.39, 0.29) is 6.10 Å². The lowest BCUT2D eigenvalue weighted by atomic mass is 10.0. The van der Waals surface area contributed by atoms with Crippen molar-refractivity contribution in [3.63, 3.8) is 0 Å². The van der Waals surface area contributed by atoms with Gasteiger partial charge in [0, 0.05) is 0 Å². The smallest absolute Gasteiger partial charge is 0.0540 e. The summed E-state index contributed by atoms with van der Waals surface area (Å²) in [7, 11) is 0. The van der Waals surface area contributed by atoms with Crippen molar-refractivity contribution in [2.45, 2.75) is 96.5 Å². The second kappa shape index (κ2) is 14.0. The molecule has 0 amide bonds. The fourth-order valence-electron chi connectivity index (χ4n) is 2.20. The minimum Gasteiger partial charge on any atom is -0.393 e. The van der Waals surface area contributed by atoms with Gasteiger partial charge in [-0.05, 0) is 12.8 Å². The third kappa shape index (κ3) is 13.9. The molecule has 0 saturated heterocycles. The van der Waals surface area contributed by atoms with Crippen molar-refractivity contribution in [3.05, 3.63) is 6.92 Å². The number of rotatable bonds is 13. The Morgan fingerprint density at radius 3 is 1.76 bits per heavy atom. The van der Waals surface area contributed by atoms with Gasteiger partial charge in [-0.15, -0.1) is 0 Å². The molecule has 1 radical (unpaired) electrons. The summed E-state index contributed by atoms with van der Waals surface area (Å²) < 4.78 is 0. The molecule has 0 aliphatic rings. The number of aliphatic hydroxyl groups is 1. The van der Waals surface area contributed by atoms with Crippen molar-refractivity contribution in [1.29, 1.82) is 0 Å². The Morgan fingerprint density at radius 2 is 1.24 bits per heavy atom. The van der Waals surface area contributed by atoms with Crippen molar-refractivity contribution in [2.24, 2.45) is 0 Å². The van der Waals surface area contributed by atoms with E-state index in [1.165, 1.54) is 64.2 Å². The molecule has 1 nitrogen and oxygen atoms in total. The fraction of sp³-hybridized carbons (Fsp3) is 0.938. The number of hydrogen-bond acceptors (Lipinski definition) is 1. The first-order valence-electron chi connectivity index (χ1n) is 7.78. The average Bonchev–Trinajstić information content (AvgIpc) is 2.34. The van der Waals surface area contributed by atoms with Crippen LogP contribution in [0.15, 0.2) is 0 Å². The van der Waals surface area contributed by atoms with Gasteiger partial charge in [0.1, 0.15) is 0 Å². The Hall–Kier alpha value is -0.0400. The summed E-state index contributed by atoms with van der Waals surface area (Å²) in [5.41, 5.74) is 0. The van der Waals surface area contributed by atoms with Gasteiger partial charge in [0.2, 0.25) is 0 Å². The van der Waals surface area contributed by atoms with Crippen LogP contribution in [0.3, 0.4) is 0 Å². The molecule has 17 heavy (non-hydrogen) atoms. The minimum atomic E-state index is -0.0352. The first-order valence-corrected chi connectivity index (χ1v) is 7.78. The van der Waals surface area contributed by atoms with E-state index in [9.17, 15) is 5.11 Å². The molecule has 1 heteroatoms. The Labute approximate surface area is 109 Å². The van der Waals surface area contributed by atoms with Crippen molar-refractivity contribution in [3.8, 4) is 0 Å². The second-order valence-corrected chi connectivity index (χ2v) is 5.27. The molecule has 0 aromatic carbocycles. The predicted octanol–water partition coefficient (Wildman–Crippen LogP) is 5.27. The summed E-state index contributed by atoms with van der Waals surface area (Å²) in [6.07, 6.45) is 16.1.